The van der Waals surface area contributed by atoms with E-state index in [0.717, 1.165) is 28.3 Å². The van der Waals surface area contributed by atoms with Gasteiger partial charge in [0.1, 0.15) is 22.9 Å². The molecule has 30 heavy (non-hydrogen) atoms. The lowest BCUT2D eigenvalue weighted by molar-refractivity contribution is -0.123. The Morgan fingerprint density at radius 1 is 0.967 bits per heavy atom. The van der Waals surface area contributed by atoms with Gasteiger partial charge in [0.05, 0.1) is 0 Å². The maximum absolute atomic E-state index is 13.7. The number of para-hydroxylation sites is 1. The molecule has 1 atom stereocenters. The number of furan rings is 1. The molecule has 0 saturated heterocycles. The fraction of sp³-hybridized carbons (Fsp3) is 0.130. The van der Waals surface area contributed by atoms with Crippen LogP contribution in [0.1, 0.15) is 23.0 Å². The highest BCUT2D eigenvalue weighted by atomic mass is 19.1. The fourth-order valence-electron chi connectivity index (χ4n) is 3.25. The van der Waals surface area contributed by atoms with E-state index in [2.05, 4.69) is 5.32 Å². The summed E-state index contributed by atoms with van der Waals surface area (Å²) in [6.45, 7) is 3.02. The largest absolute Gasteiger partial charge is 0.448 e. The first-order chi connectivity index (χ1) is 14.4. The SMILES string of the molecule is Cc1c(C(=O)O[C@@H](C)C(=O)Nc2c(F)cccc2F)oc2c1ccc1ccccc12. The van der Waals surface area contributed by atoms with Gasteiger partial charge in [-0.15, -0.1) is 0 Å². The maximum Gasteiger partial charge on any atom is 0.375 e. The molecular weight excluding hydrogens is 392 g/mol. The van der Waals surface area contributed by atoms with E-state index in [9.17, 15) is 18.4 Å². The van der Waals surface area contributed by atoms with Gasteiger partial charge in [-0.3, -0.25) is 4.79 Å². The number of nitrogens with one attached hydrogen (secondary N) is 1. The summed E-state index contributed by atoms with van der Waals surface area (Å²) >= 11 is 0. The van der Waals surface area contributed by atoms with Gasteiger partial charge in [-0.1, -0.05) is 42.5 Å². The Bertz CT molecular complexity index is 1280. The van der Waals surface area contributed by atoms with E-state index >= 15 is 0 Å². The number of hydrogen-bond donors (Lipinski definition) is 1. The van der Waals surface area contributed by atoms with Gasteiger partial charge < -0.3 is 14.5 Å². The zero-order valence-electron chi connectivity index (χ0n) is 16.2. The molecular formula is C23H17F2NO4. The van der Waals surface area contributed by atoms with Crippen molar-refractivity contribution in [3.05, 3.63) is 77.6 Å². The lowest BCUT2D eigenvalue weighted by Crippen LogP contribution is -2.30. The topological polar surface area (TPSA) is 68.5 Å². The smallest absolute Gasteiger partial charge is 0.375 e. The molecule has 0 saturated carbocycles. The van der Waals surface area contributed by atoms with E-state index in [1.54, 1.807) is 6.92 Å². The molecule has 0 radical (unpaired) electrons. The molecule has 0 aliphatic heterocycles. The highest BCUT2D eigenvalue weighted by Crippen LogP contribution is 2.32. The molecule has 0 spiro atoms. The van der Waals surface area contributed by atoms with Crippen molar-refractivity contribution in [1.29, 1.82) is 0 Å². The van der Waals surface area contributed by atoms with Crippen molar-refractivity contribution in [2.75, 3.05) is 5.32 Å². The molecule has 4 rings (SSSR count). The monoisotopic (exact) mass is 409 g/mol. The number of carbonyl (C=O) groups is 2. The molecule has 5 nitrogen and oxygen atoms in total. The third kappa shape index (κ3) is 3.39. The van der Waals surface area contributed by atoms with Crippen LogP contribution in [0.15, 0.2) is 59.0 Å². The number of halogens is 2. The van der Waals surface area contributed by atoms with Crippen LogP contribution in [0, 0.1) is 18.6 Å². The molecule has 0 fully saturated rings. The number of amides is 1. The lowest BCUT2D eigenvalue weighted by Gasteiger charge is -2.13. The maximum atomic E-state index is 13.7. The molecule has 0 aliphatic rings. The van der Waals surface area contributed by atoms with Gasteiger partial charge in [0, 0.05) is 16.3 Å². The zero-order valence-corrected chi connectivity index (χ0v) is 16.2. The number of hydrogen-bond acceptors (Lipinski definition) is 4. The van der Waals surface area contributed by atoms with Gasteiger partial charge in [0.15, 0.2) is 6.10 Å². The number of rotatable bonds is 4. The summed E-state index contributed by atoms with van der Waals surface area (Å²) in [4.78, 5) is 24.9. The number of ether oxygens (including phenoxy) is 1. The zero-order chi connectivity index (χ0) is 21.4. The van der Waals surface area contributed by atoms with Crippen molar-refractivity contribution in [2.45, 2.75) is 20.0 Å². The number of anilines is 1. The second kappa shape index (κ2) is 7.59. The average Bonchev–Trinajstić information content (AvgIpc) is 3.08. The quantitative estimate of drug-likeness (QED) is 0.461. The summed E-state index contributed by atoms with van der Waals surface area (Å²) in [5.41, 5.74) is 0.522. The third-order valence-corrected chi connectivity index (χ3v) is 4.88. The molecule has 7 heteroatoms. The minimum absolute atomic E-state index is 0.0296. The van der Waals surface area contributed by atoms with Crippen molar-refractivity contribution in [1.82, 2.24) is 0 Å². The number of esters is 1. The van der Waals surface area contributed by atoms with E-state index in [4.69, 9.17) is 9.15 Å². The number of carbonyl (C=O) groups excluding carboxylic acids is 2. The van der Waals surface area contributed by atoms with E-state index < -0.39 is 35.3 Å². The number of fused-ring (bicyclic) bond motifs is 3. The van der Waals surface area contributed by atoms with Crippen molar-refractivity contribution in [3.8, 4) is 0 Å². The van der Waals surface area contributed by atoms with Gasteiger partial charge in [-0.25, -0.2) is 13.6 Å². The van der Waals surface area contributed by atoms with Crippen molar-refractivity contribution in [3.63, 3.8) is 0 Å². The second-order valence-electron chi connectivity index (χ2n) is 6.85. The summed E-state index contributed by atoms with van der Waals surface area (Å²) in [7, 11) is 0. The van der Waals surface area contributed by atoms with E-state index in [1.165, 1.54) is 13.0 Å². The standard InChI is InChI=1S/C23H17F2NO4/c1-12-15-11-10-14-6-3-4-7-16(14)21(15)30-20(12)23(28)29-13(2)22(27)26-19-17(24)8-5-9-18(19)25/h3-11,13H,1-2H3,(H,26,27)/t13-/m0/s1. The molecule has 4 aromatic rings. The van der Waals surface area contributed by atoms with Crippen molar-refractivity contribution < 1.29 is 27.5 Å². The summed E-state index contributed by atoms with van der Waals surface area (Å²) in [6.07, 6.45) is -1.30. The van der Waals surface area contributed by atoms with E-state index in [-0.39, 0.29) is 5.76 Å². The first-order valence-corrected chi connectivity index (χ1v) is 9.23. The number of aryl methyl sites for hydroxylation is 1. The first-order valence-electron chi connectivity index (χ1n) is 9.23. The van der Waals surface area contributed by atoms with Gasteiger partial charge in [0.25, 0.3) is 5.91 Å². The van der Waals surface area contributed by atoms with Gasteiger partial charge in [0.2, 0.25) is 5.76 Å². The molecule has 1 N–H and O–H groups in total. The Balaban J connectivity index is 1.57. The Hall–Kier alpha value is -3.74. The Labute approximate surface area is 170 Å². The van der Waals surface area contributed by atoms with Crippen LogP contribution in [-0.2, 0) is 9.53 Å². The first kappa shape index (κ1) is 19.6. The van der Waals surface area contributed by atoms with Gasteiger partial charge in [-0.2, -0.15) is 0 Å². The van der Waals surface area contributed by atoms with Gasteiger partial charge >= 0.3 is 5.97 Å². The normalized spacial score (nSPS) is 12.1. The van der Waals surface area contributed by atoms with Crippen LogP contribution >= 0.6 is 0 Å². The van der Waals surface area contributed by atoms with Crippen LogP contribution in [0.3, 0.4) is 0 Å². The van der Waals surface area contributed by atoms with Crippen LogP contribution in [0.25, 0.3) is 21.7 Å². The molecule has 1 aromatic heterocycles. The molecule has 1 amide bonds. The average molecular weight is 409 g/mol. The Kier molecular flexibility index (Phi) is 4.95. The summed E-state index contributed by atoms with van der Waals surface area (Å²) in [5.74, 6) is -3.60. The minimum Gasteiger partial charge on any atom is -0.448 e. The van der Waals surface area contributed by atoms with Crippen LogP contribution in [0.5, 0.6) is 0 Å². The van der Waals surface area contributed by atoms with Crippen molar-refractivity contribution >= 4 is 39.3 Å². The molecule has 0 aliphatic carbocycles. The predicted octanol–water partition coefficient (Wildman–Crippen LogP) is 5.36. The van der Waals surface area contributed by atoms with Crippen LogP contribution in [0.2, 0.25) is 0 Å². The molecule has 3 aromatic carbocycles. The van der Waals surface area contributed by atoms with Crippen molar-refractivity contribution in [2.24, 2.45) is 0 Å². The van der Waals surface area contributed by atoms with E-state index in [1.807, 2.05) is 36.4 Å². The predicted molar refractivity (Wildman–Crippen MR) is 108 cm³/mol. The molecule has 152 valence electrons. The number of benzene rings is 3. The van der Waals surface area contributed by atoms with Crippen LogP contribution in [0.4, 0.5) is 14.5 Å². The van der Waals surface area contributed by atoms with Crippen LogP contribution < -0.4 is 5.32 Å². The summed E-state index contributed by atoms with van der Waals surface area (Å²) in [6, 6.07) is 14.6. The fourth-order valence-corrected chi connectivity index (χ4v) is 3.25. The summed E-state index contributed by atoms with van der Waals surface area (Å²) < 4.78 is 38.4. The highest BCUT2D eigenvalue weighted by Gasteiger charge is 2.26. The Morgan fingerprint density at radius 3 is 2.40 bits per heavy atom. The lowest BCUT2D eigenvalue weighted by atomic mass is 10.1. The minimum atomic E-state index is -1.30. The molecule has 0 bridgehead atoms. The van der Waals surface area contributed by atoms with E-state index in [0.29, 0.717) is 11.1 Å². The Morgan fingerprint density at radius 2 is 1.67 bits per heavy atom. The third-order valence-electron chi connectivity index (χ3n) is 4.88. The highest BCUT2D eigenvalue weighted by molar-refractivity contribution is 6.08. The molecule has 1 heterocycles. The summed E-state index contributed by atoms with van der Waals surface area (Å²) in [5, 5.41) is 4.66. The van der Waals surface area contributed by atoms with Gasteiger partial charge in [-0.05, 0) is 31.4 Å². The second-order valence-corrected chi connectivity index (χ2v) is 6.85. The molecule has 0 unspecified atom stereocenters. The van der Waals surface area contributed by atoms with Crippen LogP contribution in [-0.4, -0.2) is 18.0 Å².